The van der Waals surface area contributed by atoms with Crippen LogP contribution in [0.2, 0.25) is 0 Å². The number of nitrogens with one attached hydrogen (secondary N) is 1. The normalized spacial score (nSPS) is 11.9. The van der Waals surface area contributed by atoms with Crippen LogP contribution in [-0.4, -0.2) is 72.3 Å². The summed E-state index contributed by atoms with van der Waals surface area (Å²) in [6.45, 7) is 5.93. The number of hydrogen-bond acceptors (Lipinski definition) is 5. The average molecular weight is 513 g/mol. The first-order chi connectivity index (χ1) is 16.3. The van der Waals surface area contributed by atoms with Crippen molar-refractivity contribution in [2.75, 3.05) is 46.0 Å². The van der Waals surface area contributed by atoms with E-state index in [0.717, 1.165) is 32.4 Å². The second-order valence-corrected chi connectivity index (χ2v) is 9.90. The van der Waals surface area contributed by atoms with Crippen molar-refractivity contribution in [3.63, 3.8) is 0 Å². The van der Waals surface area contributed by atoms with Gasteiger partial charge in [-0.05, 0) is 25.8 Å². The van der Waals surface area contributed by atoms with E-state index in [1.165, 1.54) is 103 Å². The minimum Gasteiger partial charge on any atom is -0.396 e. The van der Waals surface area contributed by atoms with Crippen molar-refractivity contribution in [2.45, 2.75) is 135 Å². The Morgan fingerprint density at radius 2 is 1.00 bits per heavy atom. The van der Waals surface area contributed by atoms with Crippen LogP contribution in [0.15, 0.2) is 0 Å². The maximum absolute atomic E-state index is 9.25. The fraction of sp³-hybridized carbons (Fsp3) is 1.00. The summed E-state index contributed by atoms with van der Waals surface area (Å²) in [6.07, 6.45) is 25.3. The molecule has 0 saturated heterocycles. The molecule has 0 saturated carbocycles. The molecule has 0 aliphatic carbocycles. The van der Waals surface area contributed by atoms with Gasteiger partial charge in [0.15, 0.2) is 0 Å². The summed E-state index contributed by atoms with van der Waals surface area (Å²) < 4.78 is 0. The highest BCUT2D eigenvalue weighted by atomic mass is 19.0. The number of rotatable bonds is 28. The van der Waals surface area contributed by atoms with E-state index in [1.807, 2.05) is 0 Å². The third-order valence-electron chi connectivity index (χ3n) is 6.79. The van der Waals surface area contributed by atoms with Crippen LogP contribution in [0.4, 0.5) is 9.41 Å². The van der Waals surface area contributed by atoms with Crippen LogP contribution in [0, 0.1) is 0 Å². The van der Waals surface area contributed by atoms with Gasteiger partial charge in [0.2, 0.25) is 0 Å². The molecule has 0 aromatic heterocycles. The maximum Gasteiger partial charge on any atom is 0.0558 e. The lowest BCUT2D eigenvalue weighted by atomic mass is 10.0. The zero-order valence-electron chi connectivity index (χ0n) is 23.1. The van der Waals surface area contributed by atoms with Gasteiger partial charge in [-0.25, -0.2) is 0 Å². The van der Waals surface area contributed by atoms with Gasteiger partial charge in [0.05, 0.1) is 13.2 Å². The van der Waals surface area contributed by atoms with Gasteiger partial charge in [-0.2, -0.15) is 0 Å². The van der Waals surface area contributed by atoms with Gasteiger partial charge in [0, 0.05) is 32.3 Å². The Balaban J connectivity index is -0.00000512. The molecule has 0 heterocycles. The Bertz CT molecular complexity index is 369. The molecule has 35 heavy (non-hydrogen) atoms. The van der Waals surface area contributed by atoms with Crippen LogP contribution in [0.25, 0.3) is 0 Å². The second kappa shape index (κ2) is 33.7. The number of halogens is 2. The predicted molar refractivity (Wildman–Crippen MR) is 148 cm³/mol. The van der Waals surface area contributed by atoms with Gasteiger partial charge in [-0.3, -0.25) is 9.41 Å². The lowest BCUT2D eigenvalue weighted by Crippen LogP contribution is -2.37. The van der Waals surface area contributed by atoms with E-state index in [1.54, 1.807) is 0 Å². The maximum atomic E-state index is 9.25. The predicted octanol–water partition coefficient (Wildman–Crippen LogP) is 5.96. The summed E-state index contributed by atoms with van der Waals surface area (Å²) >= 11 is 0. The summed E-state index contributed by atoms with van der Waals surface area (Å²) in [7, 11) is 0. The Morgan fingerprint density at radius 1 is 0.514 bits per heavy atom. The van der Waals surface area contributed by atoms with Gasteiger partial charge in [0.25, 0.3) is 0 Å². The van der Waals surface area contributed by atoms with Crippen LogP contribution < -0.4 is 5.32 Å². The smallest absolute Gasteiger partial charge is 0.0558 e. The van der Waals surface area contributed by atoms with Gasteiger partial charge < -0.3 is 25.5 Å². The van der Waals surface area contributed by atoms with Crippen LogP contribution >= 0.6 is 0 Å². The first-order valence-electron chi connectivity index (χ1n) is 14.6. The van der Waals surface area contributed by atoms with Gasteiger partial charge in [-0.15, -0.1) is 0 Å². The van der Waals surface area contributed by atoms with E-state index in [2.05, 4.69) is 17.1 Å². The molecular formula is C28H62F2N2O3. The van der Waals surface area contributed by atoms with Crippen molar-refractivity contribution in [2.24, 2.45) is 0 Å². The fourth-order valence-electron chi connectivity index (χ4n) is 4.67. The third kappa shape index (κ3) is 29.8. The summed E-state index contributed by atoms with van der Waals surface area (Å²) in [5, 5.41) is 31.0. The Morgan fingerprint density at radius 3 is 1.43 bits per heavy atom. The lowest BCUT2D eigenvalue weighted by Gasteiger charge is -2.25. The number of hydrogen-bond donors (Lipinski definition) is 4. The number of aliphatic hydroxyl groups is 3. The summed E-state index contributed by atoms with van der Waals surface area (Å²) in [5.74, 6) is 0. The molecule has 5 nitrogen and oxygen atoms in total. The Kier molecular flexibility index (Phi) is 37.7. The van der Waals surface area contributed by atoms with E-state index >= 15 is 0 Å². The standard InChI is InChI=1S/C28H60N2O3.2FH/c1-2-3-4-5-6-7-8-9-10-11-12-13-14-15-16-17-19-28(29-21-26-32)20-23-30(24-27-33)22-18-25-31;;/h28-29,31-33H,2-27H2,1H3;2*1H. The number of nitrogens with zero attached hydrogens (tertiary/aromatic N) is 1. The van der Waals surface area contributed by atoms with E-state index in [-0.39, 0.29) is 29.2 Å². The zero-order chi connectivity index (χ0) is 24.2. The number of aliphatic hydroxyl groups excluding tert-OH is 3. The minimum atomic E-state index is 0. The average Bonchev–Trinajstić information content (AvgIpc) is 2.83. The van der Waals surface area contributed by atoms with Crippen LogP contribution in [0.5, 0.6) is 0 Å². The molecule has 0 rings (SSSR count). The lowest BCUT2D eigenvalue weighted by molar-refractivity contribution is 0.172. The fourth-order valence-corrected chi connectivity index (χ4v) is 4.67. The Labute approximate surface area is 216 Å². The Hall–Kier alpha value is -0.340. The van der Waals surface area contributed by atoms with Crippen molar-refractivity contribution in [1.82, 2.24) is 10.2 Å². The molecule has 0 aliphatic rings. The molecule has 1 atom stereocenters. The van der Waals surface area contributed by atoms with E-state index in [0.29, 0.717) is 19.1 Å². The summed E-state index contributed by atoms with van der Waals surface area (Å²) in [4.78, 5) is 2.23. The molecule has 0 radical (unpaired) electrons. The zero-order valence-corrected chi connectivity index (χ0v) is 23.1. The van der Waals surface area contributed by atoms with Crippen LogP contribution in [-0.2, 0) is 0 Å². The minimum absolute atomic E-state index is 0. The first-order valence-corrected chi connectivity index (χ1v) is 14.6. The topological polar surface area (TPSA) is 76.0 Å². The van der Waals surface area contributed by atoms with Gasteiger partial charge >= 0.3 is 0 Å². The molecule has 0 amide bonds. The highest BCUT2D eigenvalue weighted by Crippen LogP contribution is 2.15. The summed E-state index contributed by atoms with van der Waals surface area (Å²) in [6, 6.07) is 0.430. The van der Waals surface area contributed by atoms with E-state index < -0.39 is 0 Å². The molecule has 0 aromatic rings. The molecule has 0 spiro atoms. The van der Waals surface area contributed by atoms with Crippen molar-refractivity contribution >= 4 is 0 Å². The summed E-state index contributed by atoms with van der Waals surface area (Å²) in [5.41, 5.74) is 0. The van der Waals surface area contributed by atoms with Gasteiger partial charge in [0.1, 0.15) is 0 Å². The molecule has 0 bridgehead atoms. The SMILES string of the molecule is CCCCCCCCCCCCCCCCCCC(CCN(CCO)CCCO)NCCO.F.F. The molecule has 0 aromatic carbocycles. The largest absolute Gasteiger partial charge is 0.396 e. The molecule has 4 N–H and O–H groups in total. The van der Waals surface area contributed by atoms with Crippen LogP contribution in [0.1, 0.15) is 129 Å². The third-order valence-corrected chi connectivity index (χ3v) is 6.79. The van der Waals surface area contributed by atoms with Crippen LogP contribution in [0.3, 0.4) is 0 Å². The molecule has 7 heteroatoms. The quantitative estimate of drug-likeness (QED) is 0.0973. The molecule has 1 unspecified atom stereocenters. The van der Waals surface area contributed by atoms with E-state index in [9.17, 15) is 10.2 Å². The highest BCUT2D eigenvalue weighted by Gasteiger charge is 2.11. The van der Waals surface area contributed by atoms with Gasteiger partial charge in [-0.1, -0.05) is 110 Å². The molecule has 0 aliphatic heterocycles. The van der Waals surface area contributed by atoms with Crippen molar-refractivity contribution in [3.05, 3.63) is 0 Å². The van der Waals surface area contributed by atoms with Crippen molar-refractivity contribution in [3.8, 4) is 0 Å². The molecular weight excluding hydrogens is 450 g/mol. The monoisotopic (exact) mass is 512 g/mol. The second-order valence-electron chi connectivity index (χ2n) is 9.90. The molecule has 0 fully saturated rings. The highest BCUT2D eigenvalue weighted by molar-refractivity contribution is 4.70. The molecule has 216 valence electrons. The first kappa shape index (κ1) is 39.2. The number of unbranched alkanes of at least 4 members (excludes halogenated alkanes) is 15. The van der Waals surface area contributed by atoms with Crippen molar-refractivity contribution < 1.29 is 24.7 Å². The van der Waals surface area contributed by atoms with E-state index in [4.69, 9.17) is 5.11 Å². The van der Waals surface area contributed by atoms with Crippen molar-refractivity contribution in [1.29, 1.82) is 0 Å².